The van der Waals surface area contributed by atoms with Gasteiger partial charge in [0.05, 0.1) is 27.6 Å². The molecule has 1 saturated carbocycles. The van der Waals surface area contributed by atoms with Crippen molar-refractivity contribution in [3.05, 3.63) is 51.5 Å². The fraction of sp³-hybridized carbons (Fsp3) is 0.333. The summed E-state index contributed by atoms with van der Waals surface area (Å²) in [4.78, 5) is 27.1. The number of halogens is 2. The van der Waals surface area contributed by atoms with Crippen molar-refractivity contribution in [2.75, 3.05) is 4.90 Å². The van der Waals surface area contributed by atoms with Crippen LogP contribution in [-0.2, 0) is 9.59 Å². The molecule has 1 aliphatic heterocycles. The van der Waals surface area contributed by atoms with E-state index in [0.717, 1.165) is 0 Å². The Morgan fingerprint density at radius 2 is 1.52 bits per heavy atom. The Morgan fingerprint density at radius 1 is 0.957 bits per heavy atom. The molecule has 5 heteroatoms. The van der Waals surface area contributed by atoms with E-state index in [9.17, 15) is 9.59 Å². The fourth-order valence-corrected chi connectivity index (χ4v) is 4.60. The number of rotatable bonds is 1. The molecule has 0 spiro atoms. The Balaban J connectivity index is 1.77. The van der Waals surface area contributed by atoms with Crippen LogP contribution in [0.3, 0.4) is 0 Å². The Hall–Kier alpha value is -1.58. The summed E-state index contributed by atoms with van der Waals surface area (Å²) < 4.78 is 0. The first-order chi connectivity index (χ1) is 10.9. The van der Waals surface area contributed by atoms with E-state index in [1.54, 1.807) is 18.2 Å². The number of carbonyl (C=O) groups excluding carboxylic acids is 2. The SMILES string of the molecule is CC(C)=C1[C@H]2C=C[C@@H]1[C@@H]1C(=O)N(c3ccc(Cl)c(Cl)c3)C(=O)[C@@H]12. The van der Waals surface area contributed by atoms with Gasteiger partial charge in [0.15, 0.2) is 0 Å². The van der Waals surface area contributed by atoms with Gasteiger partial charge in [-0.1, -0.05) is 46.5 Å². The maximum atomic E-state index is 12.9. The van der Waals surface area contributed by atoms with Gasteiger partial charge in [-0.3, -0.25) is 9.59 Å². The molecular weight excluding hydrogens is 333 g/mol. The second-order valence-corrected chi connectivity index (χ2v) is 7.37. The number of amides is 2. The minimum absolute atomic E-state index is 0.0548. The van der Waals surface area contributed by atoms with Crippen LogP contribution in [0.25, 0.3) is 0 Å². The minimum Gasteiger partial charge on any atom is -0.274 e. The van der Waals surface area contributed by atoms with E-state index in [2.05, 4.69) is 26.0 Å². The van der Waals surface area contributed by atoms with Crippen LogP contribution in [0.5, 0.6) is 0 Å². The van der Waals surface area contributed by atoms with Crippen molar-refractivity contribution in [3.8, 4) is 0 Å². The van der Waals surface area contributed by atoms with Crippen LogP contribution < -0.4 is 4.90 Å². The molecule has 0 N–H and O–H groups in total. The highest BCUT2D eigenvalue weighted by atomic mass is 35.5. The van der Waals surface area contributed by atoms with Crippen LogP contribution >= 0.6 is 23.2 Å². The van der Waals surface area contributed by atoms with Crippen molar-refractivity contribution in [2.45, 2.75) is 13.8 Å². The van der Waals surface area contributed by atoms with Gasteiger partial charge in [0, 0.05) is 11.8 Å². The van der Waals surface area contributed by atoms with Gasteiger partial charge >= 0.3 is 0 Å². The molecule has 23 heavy (non-hydrogen) atoms. The zero-order valence-electron chi connectivity index (χ0n) is 12.7. The Labute approximate surface area is 144 Å². The molecule has 2 amide bonds. The molecule has 118 valence electrons. The second-order valence-electron chi connectivity index (χ2n) is 6.55. The van der Waals surface area contributed by atoms with Crippen molar-refractivity contribution >= 4 is 40.7 Å². The smallest absolute Gasteiger partial charge is 0.238 e. The topological polar surface area (TPSA) is 37.4 Å². The highest BCUT2D eigenvalue weighted by molar-refractivity contribution is 6.42. The molecule has 4 atom stereocenters. The number of fused-ring (bicyclic) bond motifs is 5. The first kappa shape index (κ1) is 15.0. The standard InChI is InChI=1S/C18H15Cl2NO2/c1-8(2)14-10-4-5-11(14)16-15(10)17(22)21(18(16)23)9-3-6-12(19)13(20)7-9/h3-7,10-11,15-16H,1-2H3/t10-,11+,15-,16+. The van der Waals surface area contributed by atoms with E-state index >= 15 is 0 Å². The normalized spacial score (nSPS) is 31.3. The summed E-state index contributed by atoms with van der Waals surface area (Å²) in [6.07, 6.45) is 4.16. The van der Waals surface area contributed by atoms with Crippen molar-refractivity contribution in [3.63, 3.8) is 0 Å². The lowest BCUT2D eigenvalue weighted by Gasteiger charge is -2.19. The third-order valence-corrected chi connectivity index (χ3v) is 5.89. The summed E-state index contributed by atoms with van der Waals surface area (Å²) in [5.41, 5.74) is 2.96. The second kappa shape index (κ2) is 4.96. The molecule has 0 radical (unpaired) electrons. The van der Waals surface area contributed by atoms with Crippen LogP contribution in [-0.4, -0.2) is 11.8 Å². The van der Waals surface area contributed by atoms with E-state index in [1.807, 2.05) is 0 Å². The minimum atomic E-state index is -0.281. The van der Waals surface area contributed by atoms with Crippen molar-refractivity contribution in [1.29, 1.82) is 0 Å². The number of hydrogen-bond acceptors (Lipinski definition) is 2. The van der Waals surface area contributed by atoms with Gasteiger partial charge in [-0.2, -0.15) is 0 Å². The van der Waals surface area contributed by atoms with Crippen LogP contribution in [0.15, 0.2) is 41.5 Å². The van der Waals surface area contributed by atoms with E-state index < -0.39 is 0 Å². The van der Waals surface area contributed by atoms with Crippen LogP contribution in [0, 0.1) is 23.7 Å². The lowest BCUT2D eigenvalue weighted by Crippen LogP contribution is -2.33. The van der Waals surface area contributed by atoms with E-state index in [-0.39, 0.29) is 35.5 Å². The number of allylic oxidation sites excluding steroid dienone is 4. The molecule has 4 rings (SSSR count). The molecule has 1 saturated heterocycles. The molecule has 0 unspecified atom stereocenters. The maximum absolute atomic E-state index is 12.9. The van der Waals surface area contributed by atoms with E-state index in [1.165, 1.54) is 16.0 Å². The lowest BCUT2D eigenvalue weighted by atomic mass is 9.85. The van der Waals surface area contributed by atoms with Gasteiger partial charge in [-0.05, 0) is 32.0 Å². The number of benzene rings is 1. The first-order valence-corrected chi connectivity index (χ1v) is 8.36. The maximum Gasteiger partial charge on any atom is 0.238 e. The largest absolute Gasteiger partial charge is 0.274 e. The van der Waals surface area contributed by atoms with Gasteiger partial charge in [-0.25, -0.2) is 4.90 Å². The molecule has 0 aromatic heterocycles. The van der Waals surface area contributed by atoms with Crippen LogP contribution in [0.4, 0.5) is 5.69 Å². The van der Waals surface area contributed by atoms with Crippen LogP contribution in [0.2, 0.25) is 10.0 Å². The fourth-order valence-electron chi connectivity index (χ4n) is 4.31. The number of nitrogens with zero attached hydrogens (tertiary/aromatic N) is 1. The number of carbonyl (C=O) groups is 2. The van der Waals surface area contributed by atoms with Crippen molar-refractivity contribution in [1.82, 2.24) is 0 Å². The van der Waals surface area contributed by atoms with E-state index in [0.29, 0.717) is 15.7 Å². The average molecular weight is 348 g/mol. The van der Waals surface area contributed by atoms with Crippen molar-refractivity contribution in [2.24, 2.45) is 23.7 Å². The van der Waals surface area contributed by atoms with Gasteiger partial charge in [-0.15, -0.1) is 0 Å². The predicted octanol–water partition coefficient (Wildman–Crippen LogP) is 4.25. The molecule has 2 aliphatic carbocycles. The monoisotopic (exact) mass is 347 g/mol. The van der Waals surface area contributed by atoms with E-state index in [4.69, 9.17) is 23.2 Å². The van der Waals surface area contributed by atoms with Gasteiger partial charge < -0.3 is 0 Å². The predicted molar refractivity (Wildman–Crippen MR) is 90.4 cm³/mol. The van der Waals surface area contributed by atoms with Gasteiger partial charge in [0.25, 0.3) is 0 Å². The molecule has 3 nitrogen and oxygen atoms in total. The number of imide groups is 1. The third kappa shape index (κ3) is 1.90. The zero-order valence-corrected chi connectivity index (χ0v) is 14.2. The van der Waals surface area contributed by atoms with Gasteiger partial charge in [0.1, 0.15) is 0 Å². The molecule has 3 aliphatic rings. The molecule has 1 aromatic carbocycles. The summed E-state index contributed by atoms with van der Waals surface area (Å²) in [6.45, 7) is 4.10. The zero-order chi connectivity index (χ0) is 16.5. The molecule has 2 bridgehead atoms. The summed E-state index contributed by atoms with van der Waals surface area (Å²) in [7, 11) is 0. The lowest BCUT2D eigenvalue weighted by molar-refractivity contribution is -0.122. The summed E-state index contributed by atoms with van der Waals surface area (Å²) in [5.74, 6) is -0.713. The summed E-state index contributed by atoms with van der Waals surface area (Å²) >= 11 is 12.0. The Bertz CT molecular complexity index is 773. The summed E-state index contributed by atoms with van der Waals surface area (Å²) in [6, 6.07) is 4.86. The Kier molecular flexibility index (Phi) is 3.23. The average Bonchev–Trinajstić information content (AvgIpc) is 3.13. The molecule has 1 heterocycles. The molecule has 2 fully saturated rings. The van der Waals surface area contributed by atoms with Crippen LogP contribution in [0.1, 0.15) is 13.8 Å². The summed E-state index contributed by atoms with van der Waals surface area (Å²) in [5, 5.41) is 0.746. The quantitative estimate of drug-likeness (QED) is 0.562. The van der Waals surface area contributed by atoms with Gasteiger partial charge in [0.2, 0.25) is 11.8 Å². The third-order valence-electron chi connectivity index (χ3n) is 5.15. The molecular formula is C18H15Cl2NO2. The highest BCUT2D eigenvalue weighted by Crippen LogP contribution is 2.57. The number of anilines is 1. The van der Waals surface area contributed by atoms with Crippen molar-refractivity contribution < 1.29 is 9.59 Å². The Morgan fingerprint density at radius 3 is 2.00 bits per heavy atom. The number of hydrogen-bond donors (Lipinski definition) is 0. The first-order valence-electron chi connectivity index (χ1n) is 7.60. The highest BCUT2D eigenvalue weighted by Gasteiger charge is 2.61. The molecule has 1 aromatic rings.